The van der Waals surface area contributed by atoms with Crippen molar-refractivity contribution in [3.8, 4) is 5.75 Å². The van der Waals surface area contributed by atoms with Crippen LogP contribution in [0.1, 0.15) is 19.4 Å². The van der Waals surface area contributed by atoms with Gasteiger partial charge in [0.25, 0.3) is 0 Å². The van der Waals surface area contributed by atoms with Crippen molar-refractivity contribution in [2.45, 2.75) is 26.8 Å². The van der Waals surface area contributed by atoms with E-state index in [1.165, 1.54) is 12.1 Å². The summed E-state index contributed by atoms with van der Waals surface area (Å²) in [6, 6.07) is 4.36. The lowest BCUT2D eigenvalue weighted by Gasteiger charge is -2.11. The second-order valence-corrected chi connectivity index (χ2v) is 4.93. The quantitative estimate of drug-likeness (QED) is 0.589. The van der Waals surface area contributed by atoms with Gasteiger partial charge in [-0.25, -0.2) is 4.39 Å². The Balaban J connectivity index is 2.39. The van der Waals surface area contributed by atoms with Crippen LogP contribution in [0.25, 0.3) is 0 Å². The van der Waals surface area contributed by atoms with Crippen LogP contribution >= 0.6 is 0 Å². The van der Waals surface area contributed by atoms with Gasteiger partial charge >= 0.3 is 6.36 Å². The summed E-state index contributed by atoms with van der Waals surface area (Å²) in [5, 5.41) is 3.16. The summed E-state index contributed by atoms with van der Waals surface area (Å²) in [4.78, 5) is 0. The fourth-order valence-corrected chi connectivity index (χ4v) is 1.59. The van der Waals surface area contributed by atoms with Crippen LogP contribution in [-0.2, 0) is 11.3 Å². The zero-order valence-corrected chi connectivity index (χ0v) is 12.0. The number of alkyl halides is 3. The van der Waals surface area contributed by atoms with Gasteiger partial charge < -0.3 is 10.1 Å². The van der Waals surface area contributed by atoms with Crippen molar-refractivity contribution in [3.05, 3.63) is 29.6 Å². The Kier molecular flexibility index (Phi) is 6.91. The van der Waals surface area contributed by atoms with Crippen molar-refractivity contribution in [3.63, 3.8) is 0 Å². The number of nitrogens with one attached hydrogen (secondary N) is 1. The summed E-state index contributed by atoms with van der Waals surface area (Å²) >= 11 is 0. The molecular weight excluding hydrogens is 290 g/mol. The van der Waals surface area contributed by atoms with E-state index in [0.717, 1.165) is 12.1 Å². The van der Waals surface area contributed by atoms with Crippen molar-refractivity contribution >= 4 is 0 Å². The molecule has 1 rings (SSSR count). The minimum atomic E-state index is -4.70. The molecule has 0 aliphatic heterocycles. The maximum atomic E-state index is 13.7. The van der Waals surface area contributed by atoms with E-state index in [-0.39, 0.29) is 12.4 Å². The van der Waals surface area contributed by atoms with E-state index in [1.807, 2.05) is 0 Å². The topological polar surface area (TPSA) is 30.5 Å². The molecule has 0 fully saturated rings. The molecule has 0 bridgehead atoms. The molecule has 1 aromatic carbocycles. The molecule has 21 heavy (non-hydrogen) atoms. The molecule has 0 amide bonds. The van der Waals surface area contributed by atoms with Gasteiger partial charge in [0, 0.05) is 6.54 Å². The zero-order chi connectivity index (χ0) is 15.9. The maximum Gasteiger partial charge on any atom is 0.522 e. The van der Waals surface area contributed by atoms with Gasteiger partial charge in [-0.2, -0.15) is 0 Å². The fourth-order valence-electron chi connectivity index (χ4n) is 1.59. The van der Waals surface area contributed by atoms with Gasteiger partial charge in [0.2, 0.25) is 0 Å². The zero-order valence-electron chi connectivity index (χ0n) is 12.0. The third-order valence-corrected chi connectivity index (χ3v) is 2.48. The highest BCUT2D eigenvalue weighted by Crippen LogP contribution is 2.19. The van der Waals surface area contributed by atoms with Crippen LogP contribution in [0.5, 0.6) is 5.75 Å². The molecule has 0 atom stereocenters. The first-order chi connectivity index (χ1) is 9.78. The third-order valence-electron chi connectivity index (χ3n) is 2.48. The second kappa shape index (κ2) is 8.19. The van der Waals surface area contributed by atoms with Gasteiger partial charge in [-0.3, -0.25) is 4.74 Å². The van der Waals surface area contributed by atoms with Crippen LogP contribution in [0.2, 0.25) is 0 Å². The van der Waals surface area contributed by atoms with Crippen LogP contribution in [0.3, 0.4) is 0 Å². The van der Waals surface area contributed by atoms with Gasteiger partial charge in [-0.1, -0.05) is 19.9 Å². The first-order valence-corrected chi connectivity index (χ1v) is 6.60. The maximum absolute atomic E-state index is 13.7. The molecule has 0 heterocycles. The molecular formula is C14H19F4NO2. The van der Waals surface area contributed by atoms with E-state index in [1.54, 1.807) is 6.07 Å². The molecule has 0 aliphatic carbocycles. The number of hydrogen-bond donors (Lipinski definition) is 1. The van der Waals surface area contributed by atoms with Gasteiger partial charge in [0.1, 0.15) is 6.61 Å². The van der Waals surface area contributed by atoms with E-state index < -0.39 is 18.8 Å². The first kappa shape index (κ1) is 17.7. The van der Waals surface area contributed by atoms with Gasteiger partial charge in [-0.05, 0) is 30.2 Å². The van der Waals surface area contributed by atoms with Gasteiger partial charge in [0.05, 0.1) is 6.61 Å². The van der Waals surface area contributed by atoms with E-state index in [2.05, 4.69) is 23.9 Å². The predicted octanol–water partition coefficient (Wildman–Crippen LogP) is 3.49. The summed E-state index contributed by atoms with van der Waals surface area (Å²) in [6.07, 6.45) is -4.70. The highest BCUT2D eigenvalue weighted by molar-refractivity contribution is 5.29. The Labute approximate surface area is 121 Å². The van der Waals surface area contributed by atoms with E-state index in [4.69, 9.17) is 4.74 Å². The minimum Gasteiger partial charge on any atom is -0.488 e. The van der Waals surface area contributed by atoms with Gasteiger partial charge in [-0.15, -0.1) is 13.2 Å². The smallest absolute Gasteiger partial charge is 0.488 e. The molecule has 0 radical (unpaired) electrons. The molecule has 0 unspecified atom stereocenters. The fraction of sp³-hybridized carbons (Fsp3) is 0.571. The summed E-state index contributed by atoms with van der Waals surface area (Å²) in [7, 11) is 0. The Morgan fingerprint density at radius 1 is 1.19 bits per heavy atom. The standard InChI is InChI=1S/C14H19F4NO2/c1-10(2)8-19-9-11-3-4-13(12(15)7-11)20-5-6-21-14(16,17)18/h3-4,7,10,19H,5-6,8-9H2,1-2H3. The lowest BCUT2D eigenvalue weighted by Crippen LogP contribution is -2.19. The average Bonchev–Trinajstić information content (AvgIpc) is 2.35. The summed E-state index contributed by atoms with van der Waals surface area (Å²) in [6.45, 7) is 4.41. The van der Waals surface area contributed by atoms with Gasteiger partial charge in [0.15, 0.2) is 11.6 Å². The van der Waals surface area contributed by atoms with Crippen molar-refractivity contribution in [1.29, 1.82) is 0 Å². The summed E-state index contributed by atoms with van der Waals surface area (Å²) < 4.78 is 57.3. The lowest BCUT2D eigenvalue weighted by molar-refractivity contribution is -0.325. The molecule has 120 valence electrons. The molecule has 1 N–H and O–H groups in total. The SMILES string of the molecule is CC(C)CNCc1ccc(OCCOC(F)(F)F)c(F)c1. The molecule has 7 heteroatoms. The first-order valence-electron chi connectivity index (χ1n) is 6.60. The van der Waals surface area contributed by atoms with Crippen LogP contribution < -0.4 is 10.1 Å². The molecule has 0 spiro atoms. The highest BCUT2D eigenvalue weighted by Gasteiger charge is 2.28. The number of benzene rings is 1. The number of ether oxygens (including phenoxy) is 2. The van der Waals surface area contributed by atoms with Crippen molar-refractivity contribution < 1.29 is 27.0 Å². The van der Waals surface area contributed by atoms with E-state index in [9.17, 15) is 17.6 Å². The Morgan fingerprint density at radius 2 is 1.90 bits per heavy atom. The van der Waals surface area contributed by atoms with Crippen molar-refractivity contribution in [1.82, 2.24) is 5.32 Å². The third kappa shape index (κ3) is 7.87. The normalized spacial score (nSPS) is 12.0. The Hall–Kier alpha value is -1.34. The van der Waals surface area contributed by atoms with Crippen LogP contribution in [0.15, 0.2) is 18.2 Å². The van der Waals surface area contributed by atoms with Crippen molar-refractivity contribution in [2.24, 2.45) is 5.92 Å². The molecule has 0 aliphatic rings. The number of halogens is 4. The molecule has 0 aromatic heterocycles. The second-order valence-electron chi connectivity index (χ2n) is 4.93. The average molecular weight is 309 g/mol. The van der Waals surface area contributed by atoms with E-state index >= 15 is 0 Å². The predicted molar refractivity (Wildman–Crippen MR) is 70.4 cm³/mol. The van der Waals surface area contributed by atoms with E-state index in [0.29, 0.717) is 12.5 Å². The largest absolute Gasteiger partial charge is 0.522 e. The monoisotopic (exact) mass is 309 g/mol. The molecule has 0 saturated heterocycles. The summed E-state index contributed by atoms with van der Waals surface area (Å²) in [5.74, 6) is -0.203. The van der Waals surface area contributed by atoms with Crippen LogP contribution in [0.4, 0.5) is 17.6 Å². The van der Waals surface area contributed by atoms with Crippen molar-refractivity contribution in [2.75, 3.05) is 19.8 Å². The Morgan fingerprint density at radius 3 is 2.48 bits per heavy atom. The van der Waals surface area contributed by atoms with Crippen LogP contribution in [0, 0.1) is 11.7 Å². The minimum absolute atomic E-state index is 0.0895. The lowest BCUT2D eigenvalue weighted by atomic mass is 10.2. The molecule has 3 nitrogen and oxygen atoms in total. The number of hydrogen-bond acceptors (Lipinski definition) is 3. The highest BCUT2D eigenvalue weighted by atomic mass is 19.4. The summed E-state index contributed by atoms with van der Waals surface area (Å²) in [5.41, 5.74) is 0.743. The number of rotatable bonds is 8. The Bertz CT molecular complexity index is 435. The molecule has 1 aromatic rings. The van der Waals surface area contributed by atoms with Crippen LogP contribution in [-0.4, -0.2) is 26.1 Å². The molecule has 0 saturated carbocycles.